The van der Waals surface area contributed by atoms with Crippen molar-refractivity contribution in [1.82, 2.24) is 5.32 Å². The van der Waals surface area contributed by atoms with Gasteiger partial charge in [0.05, 0.1) is 0 Å². The average Bonchev–Trinajstić information content (AvgIpc) is 3.19. The minimum absolute atomic E-state index is 0.0694. The van der Waals surface area contributed by atoms with Crippen LogP contribution in [-0.2, 0) is 9.59 Å². The summed E-state index contributed by atoms with van der Waals surface area (Å²) < 4.78 is 5.37. The van der Waals surface area contributed by atoms with Crippen LogP contribution in [0.3, 0.4) is 0 Å². The van der Waals surface area contributed by atoms with Gasteiger partial charge in [-0.1, -0.05) is 18.2 Å². The van der Waals surface area contributed by atoms with E-state index in [4.69, 9.17) is 9.84 Å². The molecule has 0 radical (unpaired) electrons. The highest BCUT2D eigenvalue weighted by atomic mass is 16.5. The summed E-state index contributed by atoms with van der Waals surface area (Å²) in [4.78, 5) is 22.7. The molecule has 2 rings (SSSR count). The Kier molecular flexibility index (Phi) is 4.04. The quantitative estimate of drug-likeness (QED) is 0.812. The van der Waals surface area contributed by atoms with Gasteiger partial charge in [0, 0.05) is 0 Å². The lowest BCUT2D eigenvalue weighted by Crippen LogP contribution is -2.44. The number of benzene rings is 1. The van der Waals surface area contributed by atoms with Gasteiger partial charge in [-0.15, -0.1) is 0 Å². The second kappa shape index (κ2) is 5.73. The fourth-order valence-corrected chi connectivity index (χ4v) is 1.89. The number of rotatable bonds is 6. The number of nitrogens with one attached hydrogen (secondary N) is 1. The summed E-state index contributed by atoms with van der Waals surface area (Å²) in [5.74, 6) is -0.676. The number of aryl methyl sites for hydroxylation is 1. The molecule has 102 valence electrons. The zero-order valence-corrected chi connectivity index (χ0v) is 10.8. The molecule has 1 aromatic carbocycles. The molecule has 1 amide bonds. The van der Waals surface area contributed by atoms with Crippen molar-refractivity contribution < 1.29 is 19.4 Å². The smallest absolute Gasteiger partial charge is 0.326 e. The summed E-state index contributed by atoms with van der Waals surface area (Å²) in [5, 5.41) is 11.5. The van der Waals surface area contributed by atoms with Crippen LogP contribution in [0.15, 0.2) is 24.3 Å². The molecule has 1 saturated carbocycles. The van der Waals surface area contributed by atoms with Gasteiger partial charge in [0.15, 0.2) is 6.61 Å². The Balaban J connectivity index is 1.84. The summed E-state index contributed by atoms with van der Waals surface area (Å²) >= 11 is 0. The van der Waals surface area contributed by atoms with E-state index in [2.05, 4.69) is 5.32 Å². The predicted octanol–water partition coefficient (Wildman–Crippen LogP) is 1.35. The Morgan fingerprint density at radius 1 is 1.42 bits per heavy atom. The van der Waals surface area contributed by atoms with Crippen LogP contribution in [0.4, 0.5) is 0 Å². The van der Waals surface area contributed by atoms with Crippen LogP contribution >= 0.6 is 0 Å². The largest absolute Gasteiger partial charge is 0.484 e. The minimum Gasteiger partial charge on any atom is -0.484 e. The summed E-state index contributed by atoms with van der Waals surface area (Å²) in [7, 11) is 0. The lowest BCUT2D eigenvalue weighted by atomic mass is 10.2. The Morgan fingerprint density at radius 2 is 2.11 bits per heavy atom. The first-order valence-electron chi connectivity index (χ1n) is 6.28. The average molecular weight is 263 g/mol. The van der Waals surface area contributed by atoms with E-state index in [1.165, 1.54) is 0 Å². The number of hydrogen-bond donors (Lipinski definition) is 2. The Morgan fingerprint density at radius 3 is 2.68 bits per heavy atom. The lowest BCUT2D eigenvalue weighted by molar-refractivity contribution is -0.142. The van der Waals surface area contributed by atoms with E-state index < -0.39 is 17.9 Å². The normalized spacial score (nSPS) is 15.6. The number of carboxylic acids is 1. The predicted molar refractivity (Wildman–Crippen MR) is 69.0 cm³/mol. The molecular weight excluding hydrogens is 246 g/mol. The van der Waals surface area contributed by atoms with Gasteiger partial charge in [0.1, 0.15) is 11.8 Å². The van der Waals surface area contributed by atoms with Gasteiger partial charge in [-0.3, -0.25) is 4.79 Å². The van der Waals surface area contributed by atoms with Crippen molar-refractivity contribution in [3.63, 3.8) is 0 Å². The van der Waals surface area contributed by atoms with Crippen molar-refractivity contribution >= 4 is 11.9 Å². The van der Waals surface area contributed by atoms with Crippen LogP contribution in [0, 0.1) is 12.8 Å². The van der Waals surface area contributed by atoms with Crippen LogP contribution in [0.5, 0.6) is 5.75 Å². The molecule has 1 aromatic rings. The molecule has 0 aromatic heterocycles. The molecule has 5 nitrogen and oxygen atoms in total. The highest BCUT2D eigenvalue weighted by Gasteiger charge is 2.37. The maximum atomic E-state index is 11.7. The monoisotopic (exact) mass is 263 g/mol. The van der Waals surface area contributed by atoms with Crippen LogP contribution in [0.1, 0.15) is 18.4 Å². The van der Waals surface area contributed by atoms with Gasteiger partial charge in [-0.2, -0.15) is 0 Å². The summed E-state index contributed by atoms with van der Waals surface area (Å²) in [6.07, 6.45) is 1.71. The van der Waals surface area contributed by atoms with Gasteiger partial charge >= 0.3 is 5.97 Å². The van der Waals surface area contributed by atoms with Crippen molar-refractivity contribution in [1.29, 1.82) is 0 Å². The second-order valence-corrected chi connectivity index (χ2v) is 4.78. The lowest BCUT2D eigenvalue weighted by Gasteiger charge is -2.14. The van der Waals surface area contributed by atoms with E-state index >= 15 is 0 Å². The van der Waals surface area contributed by atoms with Crippen molar-refractivity contribution in [2.75, 3.05) is 6.61 Å². The standard InChI is InChI=1S/C14H17NO4/c1-9-4-2-3-5-11(9)19-8-12(16)15-13(14(17)18)10-6-7-10/h2-5,10,13H,6-8H2,1H3,(H,15,16)(H,17,18). The molecule has 1 fully saturated rings. The van der Waals surface area contributed by atoms with Gasteiger partial charge < -0.3 is 15.2 Å². The Bertz CT molecular complexity index is 482. The van der Waals surface area contributed by atoms with E-state index in [9.17, 15) is 9.59 Å². The first kappa shape index (κ1) is 13.4. The van der Waals surface area contributed by atoms with Crippen molar-refractivity contribution in [2.24, 2.45) is 5.92 Å². The highest BCUT2D eigenvalue weighted by Crippen LogP contribution is 2.32. The fraction of sp³-hybridized carbons (Fsp3) is 0.429. The molecule has 0 aliphatic heterocycles. The Hall–Kier alpha value is -2.04. The molecule has 1 aliphatic carbocycles. The van der Waals surface area contributed by atoms with Gasteiger partial charge in [0.2, 0.25) is 0 Å². The molecule has 0 bridgehead atoms. The molecule has 0 spiro atoms. The summed E-state index contributed by atoms with van der Waals surface area (Å²) in [6.45, 7) is 1.72. The molecule has 2 N–H and O–H groups in total. The number of ether oxygens (including phenoxy) is 1. The number of carbonyl (C=O) groups is 2. The van der Waals surface area contributed by atoms with Crippen LogP contribution in [0.2, 0.25) is 0 Å². The SMILES string of the molecule is Cc1ccccc1OCC(=O)NC(C(=O)O)C1CC1. The number of para-hydroxylation sites is 1. The summed E-state index contributed by atoms with van der Waals surface area (Å²) in [5.41, 5.74) is 0.937. The van der Waals surface area contributed by atoms with E-state index in [0.29, 0.717) is 5.75 Å². The molecule has 1 atom stereocenters. The zero-order chi connectivity index (χ0) is 13.8. The van der Waals surface area contributed by atoms with E-state index in [1.807, 2.05) is 25.1 Å². The van der Waals surface area contributed by atoms with Crippen molar-refractivity contribution in [3.05, 3.63) is 29.8 Å². The third kappa shape index (κ3) is 3.71. The van der Waals surface area contributed by atoms with Crippen LogP contribution in [0.25, 0.3) is 0 Å². The van der Waals surface area contributed by atoms with Crippen molar-refractivity contribution in [3.8, 4) is 5.75 Å². The molecule has 1 aliphatic rings. The number of carbonyl (C=O) groups excluding carboxylic acids is 1. The molecule has 5 heteroatoms. The van der Waals surface area contributed by atoms with Crippen molar-refractivity contribution in [2.45, 2.75) is 25.8 Å². The maximum Gasteiger partial charge on any atom is 0.326 e. The number of amides is 1. The second-order valence-electron chi connectivity index (χ2n) is 4.78. The molecular formula is C14H17NO4. The first-order valence-corrected chi connectivity index (χ1v) is 6.28. The van der Waals surface area contributed by atoms with Crippen LogP contribution in [-0.4, -0.2) is 29.6 Å². The Labute approximate surface area is 111 Å². The molecule has 0 saturated heterocycles. The van der Waals surface area contributed by atoms with E-state index in [1.54, 1.807) is 6.07 Å². The van der Waals surface area contributed by atoms with Gasteiger partial charge in [-0.25, -0.2) is 4.79 Å². The summed E-state index contributed by atoms with van der Waals surface area (Å²) in [6, 6.07) is 6.59. The molecule has 0 heterocycles. The molecule has 19 heavy (non-hydrogen) atoms. The van der Waals surface area contributed by atoms with E-state index in [-0.39, 0.29) is 12.5 Å². The van der Waals surface area contributed by atoms with Gasteiger partial charge in [-0.05, 0) is 37.3 Å². The number of aliphatic carboxylic acids is 1. The number of carboxylic acid groups (broad SMARTS) is 1. The maximum absolute atomic E-state index is 11.7. The number of hydrogen-bond acceptors (Lipinski definition) is 3. The first-order chi connectivity index (χ1) is 9.08. The molecule has 1 unspecified atom stereocenters. The highest BCUT2D eigenvalue weighted by molar-refractivity contribution is 5.84. The fourth-order valence-electron chi connectivity index (χ4n) is 1.89. The zero-order valence-electron chi connectivity index (χ0n) is 10.8. The third-order valence-electron chi connectivity index (χ3n) is 3.13. The third-order valence-corrected chi connectivity index (χ3v) is 3.13. The topological polar surface area (TPSA) is 75.6 Å². The van der Waals surface area contributed by atoms with Crippen LogP contribution < -0.4 is 10.1 Å². The van der Waals surface area contributed by atoms with Gasteiger partial charge in [0.25, 0.3) is 5.91 Å². The van der Waals surface area contributed by atoms with E-state index in [0.717, 1.165) is 18.4 Å². The minimum atomic E-state index is -0.980.